The molecular formula is C25H32O8. The van der Waals surface area contributed by atoms with Gasteiger partial charge in [-0.2, -0.15) is 0 Å². The van der Waals surface area contributed by atoms with Crippen LogP contribution < -0.4 is 0 Å². The number of allylic oxidation sites excluding steroid dienone is 3. The van der Waals surface area contributed by atoms with E-state index in [2.05, 4.69) is 12.7 Å². The van der Waals surface area contributed by atoms with Crippen LogP contribution in [-0.4, -0.2) is 60.1 Å². The van der Waals surface area contributed by atoms with E-state index in [1.807, 2.05) is 19.9 Å². The van der Waals surface area contributed by atoms with Crippen molar-refractivity contribution in [1.82, 2.24) is 0 Å². The van der Waals surface area contributed by atoms with Crippen LogP contribution in [0.25, 0.3) is 0 Å². The molecule has 0 bridgehead atoms. The number of hydrogen-bond donors (Lipinski definition) is 2. The van der Waals surface area contributed by atoms with E-state index in [0.29, 0.717) is 6.42 Å². The van der Waals surface area contributed by atoms with Crippen molar-refractivity contribution in [3.05, 3.63) is 58.7 Å². The molecular weight excluding hydrogens is 428 g/mol. The molecule has 0 spiro atoms. The first-order valence-corrected chi connectivity index (χ1v) is 10.9. The topological polar surface area (TPSA) is 119 Å². The third-order valence-electron chi connectivity index (χ3n) is 5.66. The summed E-state index contributed by atoms with van der Waals surface area (Å²) in [6.45, 7) is 7.91. The van der Waals surface area contributed by atoms with Gasteiger partial charge in [0.1, 0.15) is 18.8 Å². The Labute approximate surface area is 193 Å². The molecule has 2 N–H and O–H groups in total. The van der Waals surface area contributed by atoms with Gasteiger partial charge in [-0.1, -0.05) is 29.9 Å². The van der Waals surface area contributed by atoms with E-state index in [-0.39, 0.29) is 16.7 Å². The highest BCUT2D eigenvalue weighted by atomic mass is 16.6. The molecule has 1 fully saturated rings. The van der Waals surface area contributed by atoms with Crippen LogP contribution in [0.1, 0.15) is 40.0 Å². The lowest BCUT2D eigenvalue weighted by Crippen LogP contribution is -2.34. The third-order valence-corrected chi connectivity index (χ3v) is 5.66. The Morgan fingerprint density at radius 2 is 1.94 bits per heavy atom. The van der Waals surface area contributed by atoms with Crippen LogP contribution in [0.5, 0.6) is 0 Å². The molecule has 0 aromatic carbocycles. The van der Waals surface area contributed by atoms with Gasteiger partial charge in [-0.05, 0) is 45.8 Å². The Kier molecular flexibility index (Phi) is 9.81. The number of esters is 3. The molecule has 1 saturated heterocycles. The van der Waals surface area contributed by atoms with Crippen LogP contribution in [0.3, 0.4) is 0 Å². The van der Waals surface area contributed by atoms with Crippen molar-refractivity contribution < 1.29 is 38.8 Å². The minimum atomic E-state index is -0.788. The first-order valence-electron chi connectivity index (χ1n) is 10.9. The first-order chi connectivity index (χ1) is 15.7. The second kappa shape index (κ2) is 12.3. The van der Waals surface area contributed by atoms with E-state index >= 15 is 0 Å². The Morgan fingerprint density at radius 1 is 1.21 bits per heavy atom. The fourth-order valence-corrected chi connectivity index (χ4v) is 3.77. The predicted octanol–water partition coefficient (Wildman–Crippen LogP) is 2.47. The molecule has 3 atom stereocenters. The Hall–Kier alpha value is -2.97. The number of ether oxygens (including phenoxy) is 3. The average molecular weight is 461 g/mol. The van der Waals surface area contributed by atoms with Gasteiger partial charge in [-0.15, -0.1) is 0 Å². The minimum absolute atomic E-state index is 0.0442. The molecule has 180 valence electrons. The predicted molar refractivity (Wildman–Crippen MR) is 121 cm³/mol. The van der Waals surface area contributed by atoms with Crippen molar-refractivity contribution in [2.24, 2.45) is 5.92 Å². The summed E-state index contributed by atoms with van der Waals surface area (Å²) >= 11 is 0. The van der Waals surface area contributed by atoms with Gasteiger partial charge in [0.15, 0.2) is 0 Å². The van der Waals surface area contributed by atoms with Crippen molar-refractivity contribution in [3.8, 4) is 0 Å². The molecule has 33 heavy (non-hydrogen) atoms. The lowest BCUT2D eigenvalue weighted by atomic mass is 9.85. The molecule has 8 heteroatoms. The molecule has 0 radical (unpaired) electrons. The number of carbonyl (C=O) groups is 3. The van der Waals surface area contributed by atoms with Crippen LogP contribution >= 0.6 is 0 Å². The van der Waals surface area contributed by atoms with Gasteiger partial charge >= 0.3 is 17.9 Å². The van der Waals surface area contributed by atoms with Gasteiger partial charge in [-0.25, -0.2) is 14.4 Å². The van der Waals surface area contributed by atoms with Crippen molar-refractivity contribution in [3.63, 3.8) is 0 Å². The Bertz CT molecular complexity index is 905. The van der Waals surface area contributed by atoms with Crippen LogP contribution in [0.4, 0.5) is 0 Å². The number of hydrogen-bond acceptors (Lipinski definition) is 8. The second-order valence-electron chi connectivity index (χ2n) is 8.13. The molecule has 0 amide bonds. The van der Waals surface area contributed by atoms with Crippen molar-refractivity contribution in [2.75, 3.05) is 19.8 Å². The standard InChI is InChI=1S/C25H32O8/c1-5-18(13-27)24(29)31-14-19(9-10-26)25(30)33-21-12-16(3)8-6-7-15(2)11-20-22(21)17(4)23(28)32-20/h5,8-9,11,20-22,26-27H,4,6-7,10,12-14H2,1-3H3/b15-11+,16-8+,18-5+,19-9+/t20-,21-,22+/m1/s1. The van der Waals surface area contributed by atoms with Gasteiger partial charge < -0.3 is 24.4 Å². The van der Waals surface area contributed by atoms with E-state index < -0.39 is 55.9 Å². The lowest BCUT2D eigenvalue weighted by Gasteiger charge is -2.27. The van der Waals surface area contributed by atoms with Gasteiger partial charge in [0.05, 0.1) is 30.3 Å². The molecule has 0 aromatic heterocycles. The molecule has 2 rings (SSSR count). The van der Waals surface area contributed by atoms with E-state index in [1.54, 1.807) is 6.92 Å². The summed E-state index contributed by atoms with van der Waals surface area (Å²) in [5, 5.41) is 18.5. The quantitative estimate of drug-likeness (QED) is 0.257. The maximum absolute atomic E-state index is 13.0. The highest BCUT2D eigenvalue weighted by Crippen LogP contribution is 2.36. The van der Waals surface area contributed by atoms with Crippen LogP contribution in [0.2, 0.25) is 0 Å². The summed E-state index contributed by atoms with van der Waals surface area (Å²) in [7, 11) is 0. The number of fused-ring (bicyclic) bond motifs is 1. The summed E-state index contributed by atoms with van der Waals surface area (Å²) in [5.74, 6) is -2.67. The van der Waals surface area contributed by atoms with Crippen LogP contribution in [0, 0.1) is 5.92 Å². The highest BCUT2D eigenvalue weighted by Gasteiger charge is 2.44. The molecule has 1 aliphatic carbocycles. The lowest BCUT2D eigenvalue weighted by molar-refractivity contribution is -0.148. The van der Waals surface area contributed by atoms with Crippen molar-refractivity contribution in [2.45, 2.75) is 52.2 Å². The first kappa shape index (κ1) is 26.3. The maximum Gasteiger partial charge on any atom is 0.337 e. The van der Waals surface area contributed by atoms with Gasteiger partial charge in [-0.3, -0.25) is 0 Å². The summed E-state index contributed by atoms with van der Waals surface area (Å²) in [6.07, 6.45) is 7.20. The molecule has 0 saturated carbocycles. The van der Waals surface area contributed by atoms with E-state index in [0.717, 1.165) is 24.0 Å². The fraction of sp³-hybridized carbons (Fsp3) is 0.480. The summed E-state index contributed by atoms with van der Waals surface area (Å²) in [4.78, 5) is 37.2. The fourth-order valence-electron chi connectivity index (χ4n) is 3.77. The molecule has 2 aliphatic rings. The van der Waals surface area contributed by atoms with Crippen LogP contribution in [-0.2, 0) is 28.6 Å². The minimum Gasteiger partial charge on any atom is -0.458 e. The summed E-state index contributed by atoms with van der Waals surface area (Å²) < 4.78 is 16.4. The second-order valence-corrected chi connectivity index (χ2v) is 8.13. The van der Waals surface area contributed by atoms with Gasteiger partial charge in [0.2, 0.25) is 0 Å². The Morgan fingerprint density at radius 3 is 2.58 bits per heavy atom. The van der Waals surface area contributed by atoms with Gasteiger partial charge in [0, 0.05) is 12.0 Å². The van der Waals surface area contributed by atoms with Crippen molar-refractivity contribution >= 4 is 17.9 Å². The van der Waals surface area contributed by atoms with Crippen molar-refractivity contribution in [1.29, 1.82) is 0 Å². The smallest absolute Gasteiger partial charge is 0.337 e. The third kappa shape index (κ3) is 7.00. The normalized spacial score (nSPS) is 27.5. The summed E-state index contributed by atoms with van der Waals surface area (Å²) in [5.41, 5.74) is 2.27. The molecule has 0 unspecified atom stereocenters. The zero-order valence-corrected chi connectivity index (χ0v) is 19.3. The van der Waals surface area contributed by atoms with Crippen LogP contribution in [0.15, 0.2) is 58.7 Å². The average Bonchev–Trinajstić information content (AvgIpc) is 3.03. The zero-order valence-electron chi connectivity index (χ0n) is 19.3. The largest absolute Gasteiger partial charge is 0.458 e. The molecule has 8 nitrogen and oxygen atoms in total. The molecule has 1 aliphatic heterocycles. The number of rotatable bonds is 7. The van der Waals surface area contributed by atoms with E-state index in [4.69, 9.17) is 14.2 Å². The maximum atomic E-state index is 13.0. The number of aliphatic hydroxyl groups excluding tert-OH is 2. The highest BCUT2D eigenvalue weighted by molar-refractivity contribution is 5.93. The monoisotopic (exact) mass is 460 g/mol. The van der Waals surface area contributed by atoms with Gasteiger partial charge in [0.25, 0.3) is 0 Å². The SMILES string of the molecule is C=C1C(=O)O[C@@H]2/C=C(\C)CC/C=C(\C)C[C@@H](OC(=O)/C(=C/CO)COC(=O)/C(=C/C)CO)[C@@H]12. The molecule has 0 aromatic rings. The molecule has 1 heterocycles. The zero-order chi connectivity index (χ0) is 24.5. The van der Waals surface area contributed by atoms with E-state index in [1.165, 1.54) is 12.2 Å². The summed E-state index contributed by atoms with van der Waals surface area (Å²) in [6, 6.07) is 0. The number of carbonyl (C=O) groups excluding carboxylic acids is 3. The Balaban J connectivity index is 2.26. The van der Waals surface area contributed by atoms with E-state index in [9.17, 15) is 24.6 Å². The number of aliphatic hydroxyl groups is 2.